The Labute approximate surface area is 101 Å². The maximum absolute atomic E-state index is 11.5. The van der Waals surface area contributed by atoms with Crippen LogP contribution in [0.2, 0.25) is 0 Å². The van der Waals surface area contributed by atoms with Crippen molar-refractivity contribution in [3.05, 3.63) is 29.3 Å². The number of phenols is 1. The third-order valence-electron chi connectivity index (χ3n) is 2.05. The van der Waals surface area contributed by atoms with E-state index in [-0.39, 0.29) is 17.1 Å². The molecule has 1 rings (SSSR count). The van der Waals surface area contributed by atoms with Crippen LogP contribution in [0.4, 0.5) is 0 Å². The molecule has 0 aliphatic carbocycles. The van der Waals surface area contributed by atoms with E-state index in [1.807, 2.05) is 0 Å². The predicted octanol–water partition coefficient (Wildman–Crippen LogP) is 2.15. The number of hydrogen-bond donors (Lipinski definition) is 1. The first-order chi connectivity index (χ1) is 7.60. The number of carbonyl (C=O) groups excluding carboxylic acids is 2. The van der Waals surface area contributed by atoms with Crippen molar-refractivity contribution in [3.63, 3.8) is 0 Å². The number of hydrogen-bond acceptors (Lipinski definition) is 4. The lowest BCUT2D eigenvalue weighted by Crippen LogP contribution is -2.04. The van der Waals surface area contributed by atoms with Crippen LogP contribution < -0.4 is 0 Å². The van der Waals surface area contributed by atoms with Crippen molar-refractivity contribution in [2.24, 2.45) is 0 Å². The van der Waals surface area contributed by atoms with Crippen LogP contribution in [0.3, 0.4) is 0 Å². The summed E-state index contributed by atoms with van der Waals surface area (Å²) in [6.45, 7) is 0. The van der Waals surface area contributed by atoms with Gasteiger partial charge in [0.1, 0.15) is 11.3 Å². The number of methoxy groups -OCH3 is 1. The van der Waals surface area contributed by atoms with Gasteiger partial charge < -0.3 is 9.84 Å². The largest absolute Gasteiger partial charge is 0.507 e. The lowest BCUT2D eigenvalue weighted by atomic mass is 10.1. The van der Waals surface area contributed by atoms with Crippen LogP contribution in [-0.4, -0.2) is 29.3 Å². The Hall–Kier alpha value is -1.36. The number of benzene rings is 1. The van der Waals surface area contributed by atoms with Gasteiger partial charge in [0.2, 0.25) is 0 Å². The predicted molar refractivity (Wildman–Crippen MR) is 62.2 cm³/mol. The van der Waals surface area contributed by atoms with Gasteiger partial charge in [0.15, 0.2) is 5.78 Å². The smallest absolute Gasteiger partial charge is 0.341 e. The third kappa shape index (κ3) is 2.82. The highest BCUT2D eigenvalue weighted by Crippen LogP contribution is 2.20. The van der Waals surface area contributed by atoms with E-state index in [0.717, 1.165) is 0 Å². The molecule has 0 atom stereocenters. The molecule has 4 nitrogen and oxygen atoms in total. The number of alkyl halides is 1. The zero-order valence-electron chi connectivity index (χ0n) is 8.70. The summed E-state index contributed by atoms with van der Waals surface area (Å²) in [7, 11) is 1.23. The first-order valence-corrected chi connectivity index (χ1v) is 5.72. The number of carbonyl (C=O) groups is 2. The molecule has 0 spiro atoms. The molecule has 0 fully saturated rings. The van der Waals surface area contributed by atoms with Gasteiger partial charge in [0, 0.05) is 17.3 Å². The molecule has 0 unspecified atom stereocenters. The van der Waals surface area contributed by atoms with E-state index >= 15 is 0 Å². The zero-order valence-corrected chi connectivity index (χ0v) is 10.3. The van der Waals surface area contributed by atoms with Gasteiger partial charge in [0.25, 0.3) is 0 Å². The fraction of sp³-hybridized carbons (Fsp3) is 0.273. The van der Waals surface area contributed by atoms with Gasteiger partial charge in [-0.2, -0.15) is 0 Å². The zero-order chi connectivity index (χ0) is 12.1. The highest BCUT2D eigenvalue weighted by Gasteiger charge is 2.14. The molecular weight excluding hydrogens is 276 g/mol. The maximum atomic E-state index is 11.5. The lowest BCUT2D eigenvalue weighted by Gasteiger charge is -2.04. The lowest BCUT2D eigenvalue weighted by molar-refractivity contribution is 0.0597. The minimum atomic E-state index is -0.628. The van der Waals surface area contributed by atoms with Gasteiger partial charge in [-0.1, -0.05) is 22.0 Å². The van der Waals surface area contributed by atoms with Crippen LogP contribution >= 0.6 is 15.9 Å². The van der Waals surface area contributed by atoms with E-state index in [4.69, 9.17) is 0 Å². The number of phenolic OH excluding ortho intramolecular Hbond substituents is 1. The molecule has 0 aromatic heterocycles. The molecule has 5 heteroatoms. The summed E-state index contributed by atoms with van der Waals surface area (Å²) in [5.41, 5.74) is 0.433. The second kappa shape index (κ2) is 5.65. The number of Topliss-reactive ketones (excluding diaryl/α,β-unsaturated/α-hetero) is 1. The Balaban J connectivity index is 2.99. The molecule has 0 amide bonds. The average molecular weight is 287 g/mol. The minimum absolute atomic E-state index is 0.0536. The summed E-state index contributed by atoms with van der Waals surface area (Å²) in [5.74, 6) is -0.965. The van der Waals surface area contributed by atoms with Crippen molar-refractivity contribution >= 4 is 27.7 Å². The number of esters is 1. The van der Waals surface area contributed by atoms with E-state index in [2.05, 4.69) is 20.7 Å². The van der Waals surface area contributed by atoms with E-state index in [1.165, 1.54) is 25.3 Å². The Kier molecular flexibility index (Phi) is 4.49. The standard InChI is InChI=1S/C11H11BrO4/c1-16-11(15)8-3-2-7(6-10(8)14)9(13)4-5-12/h2-3,6,14H,4-5H2,1H3. The van der Waals surface area contributed by atoms with E-state index in [0.29, 0.717) is 17.3 Å². The normalized spacial score (nSPS) is 9.88. The van der Waals surface area contributed by atoms with Gasteiger partial charge in [0.05, 0.1) is 7.11 Å². The Morgan fingerprint density at radius 3 is 2.62 bits per heavy atom. The van der Waals surface area contributed by atoms with Crippen molar-refractivity contribution in [2.45, 2.75) is 6.42 Å². The minimum Gasteiger partial charge on any atom is -0.507 e. The summed E-state index contributed by atoms with van der Waals surface area (Å²) < 4.78 is 4.47. The molecule has 0 aliphatic rings. The van der Waals surface area contributed by atoms with Crippen LogP contribution in [0.5, 0.6) is 5.75 Å². The number of halogens is 1. The third-order valence-corrected chi connectivity index (χ3v) is 2.44. The summed E-state index contributed by atoms with van der Waals surface area (Å²) in [5, 5.41) is 10.1. The van der Waals surface area contributed by atoms with Crippen LogP contribution in [0.25, 0.3) is 0 Å². The molecule has 0 bridgehead atoms. The molecule has 16 heavy (non-hydrogen) atoms. The molecule has 0 aliphatic heterocycles. The number of ketones is 1. The molecular formula is C11H11BrO4. The molecule has 1 aromatic carbocycles. The first-order valence-electron chi connectivity index (χ1n) is 4.60. The topological polar surface area (TPSA) is 63.6 Å². The van der Waals surface area contributed by atoms with E-state index in [9.17, 15) is 14.7 Å². The summed E-state index contributed by atoms with van der Waals surface area (Å²) in [4.78, 5) is 22.7. The second-order valence-corrected chi connectivity index (χ2v) is 3.88. The highest BCUT2D eigenvalue weighted by atomic mass is 79.9. The van der Waals surface area contributed by atoms with Crippen molar-refractivity contribution < 1.29 is 19.4 Å². The second-order valence-electron chi connectivity index (χ2n) is 3.09. The van der Waals surface area contributed by atoms with Crippen LogP contribution in [0, 0.1) is 0 Å². The van der Waals surface area contributed by atoms with Crippen molar-refractivity contribution in [1.82, 2.24) is 0 Å². The van der Waals surface area contributed by atoms with Crippen LogP contribution in [0.15, 0.2) is 18.2 Å². The fourth-order valence-corrected chi connectivity index (χ4v) is 1.58. The Bertz CT molecular complexity index is 414. The molecule has 0 heterocycles. The summed E-state index contributed by atoms with van der Waals surface area (Å²) in [6.07, 6.45) is 0.344. The Morgan fingerprint density at radius 1 is 1.44 bits per heavy atom. The van der Waals surface area contributed by atoms with Gasteiger partial charge in [-0.3, -0.25) is 4.79 Å². The molecule has 0 saturated heterocycles. The van der Waals surface area contributed by atoms with Gasteiger partial charge in [-0.15, -0.1) is 0 Å². The van der Waals surface area contributed by atoms with Crippen molar-refractivity contribution in [1.29, 1.82) is 0 Å². The molecule has 86 valence electrons. The van der Waals surface area contributed by atoms with Gasteiger partial charge in [-0.25, -0.2) is 4.79 Å². The number of ether oxygens (including phenoxy) is 1. The van der Waals surface area contributed by atoms with Gasteiger partial charge >= 0.3 is 5.97 Å². The fourth-order valence-electron chi connectivity index (χ4n) is 1.22. The maximum Gasteiger partial charge on any atom is 0.341 e. The molecule has 1 aromatic rings. The highest BCUT2D eigenvalue weighted by molar-refractivity contribution is 9.09. The first kappa shape index (κ1) is 12.7. The van der Waals surface area contributed by atoms with Gasteiger partial charge in [-0.05, 0) is 12.1 Å². The van der Waals surface area contributed by atoms with Crippen LogP contribution in [0.1, 0.15) is 27.1 Å². The van der Waals surface area contributed by atoms with Crippen molar-refractivity contribution in [2.75, 3.05) is 12.4 Å². The summed E-state index contributed by atoms with van der Waals surface area (Å²) >= 11 is 3.16. The SMILES string of the molecule is COC(=O)c1ccc(C(=O)CCBr)cc1O. The Morgan fingerprint density at radius 2 is 2.12 bits per heavy atom. The number of aromatic hydroxyl groups is 1. The summed E-state index contributed by atoms with van der Waals surface area (Å²) in [6, 6.07) is 4.15. The molecule has 0 saturated carbocycles. The van der Waals surface area contributed by atoms with E-state index < -0.39 is 5.97 Å². The number of rotatable bonds is 4. The van der Waals surface area contributed by atoms with Crippen LogP contribution in [-0.2, 0) is 4.74 Å². The van der Waals surface area contributed by atoms with Crippen molar-refractivity contribution in [3.8, 4) is 5.75 Å². The quantitative estimate of drug-likeness (QED) is 0.523. The molecule has 0 radical (unpaired) electrons. The van der Waals surface area contributed by atoms with E-state index in [1.54, 1.807) is 0 Å². The monoisotopic (exact) mass is 286 g/mol. The molecule has 1 N–H and O–H groups in total. The average Bonchev–Trinajstić information content (AvgIpc) is 2.28.